The number of alkyl halides is 3. The van der Waals surface area contributed by atoms with E-state index in [2.05, 4.69) is 23.4 Å². The molecule has 5 rings (SSSR count). The molecular formula is C31H41F3N6O2. The second-order valence-corrected chi connectivity index (χ2v) is 12.1. The molecule has 2 aliphatic heterocycles. The number of nitrogens with two attached hydrogens (primary N) is 1. The molecule has 2 fully saturated rings. The Kier molecular flexibility index (Phi) is 8.42. The van der Waals surface area contributed by atoms with E-state index in [-0.39, 0.29) is 35.5 Å². The smallest absolute Gasteiger partial charge is 0.416 e. The van der Waals surface area contributed by atoms with Crippen LogP contribution in [0.5, 0.6) is 6.01 Å². The first-order chi connectivity index (χ1) is 19.9. The standard InChI is InChI=1S/C31H41F3N6O2/c1-6-27(41)39-12-13-40(19(3)16-39)29-23-14-18(2)22(28-20(4)25(35)10-9-24(28)31(32,33)34)15-26(23)36-30(37-29)42-17-21-8-7-11-38(21)5/h6,9-10,18-19,21-22H,1,7-8,11-17,35H2,2-5H3/t18-,19-,21-,22-/m0/s1. The highest BCUT2D eigenvalue weighted by molar-refractivity contribution is 5.87. The molecule has 1 amide bonds. The summed E-state index contributed by atoms with van der Waals surface area (Å²) in [6.07, 6.45) is -0.195. The zero-order valence-corrected chi connectivity index (χ0v) is 24.9. The third kappa shape index (κ3) is 5.80. The Labute approximate surface area is 245 Å². The van der Waals surface area contributed by atoms with Gasteiger partial charge >= 0.3 is 12.2 Å². The number of nitrogen functional groups attached to an aromatic ring is 1. The van der Waals surface area contributed by atoms with Crippen molar-refractivity contribution in [1.29, 1.82) is 0 Å². The Bertz CT molecular complexity index is 1350. The SMILES string of the molecule is C=CC(=O)N1CCN(c2nc(OC[C@@H]3CCCN3C)nc3c2C[C@H](C)[C@@H](c2c(C(F)(F)F)ccc(N)c2C)C3)[C@@H](C)C1. The Morgan fingerprint density at radius 2 is 1.95 bits per heavy atom. The van der Waals surface area contributed by atoms with E-state index >= 15 is 0 Å². The predicted octanol–water partition coefficient (Wildman–Crippen LogP) is 4.60. The van der Waals surface area contributed by atoms with Crippen molar-refractivity contribution in [2.45, 2.75) is 70.6 Å². The van der Waals surface area contributed by atoms with Crippen molar-refractivity contribution in [3.8, 4) is 6.01 Å². The Hall–Kier alpha value is -3.34. The van der Waals surface area contributed by atoms with Gasteiger partial charge in [-0.05, 0) is 94.3 Å². The van der Waals surface area contributed by atoms with Gasteiger partial charge in [-0.2, -0.15) is 23.1 Å². The summed E-state index contributed by atoms with van der Waals surface area (Å²) < 4.78 is 48.8. The topological polar surface area (TPSA) is 87.8 Å². The highest BCUT2D eigenvalue weighted by Gasteiger charge is 2.41. The van der Waals surface area contributed by atoms with Crippen molar-refractivity contribution in [2.75, 3.05) is 50.5 Å². The summed E-state index contributed by atoms with van der Waals surface area (Å²) in [4.78, 5) is 28.2. The minimum Gasteiger partial charge on any atom is -0.462 e. The highest BCUT2D eigenvalue weighted by Crippen LogP contribution is 2.46. The Balaban J connectivity index is 1.54. The third-order valence-electron chi connectivity index (χ3n) is 9.37. The molecule has 42 heavy (non-hydrogen) atoms. The van der Waals surface area contributed by atoms with Crippen LogP contribution >= 0.6 is 0 Å². The van der Waals surface area contributed by atoms with E-state index in [1.807, 2.05) is 13.8 Å². The van der Waals surface area contributed by atoms with Crippen LogP contribution in [0, 0.1) is 12.8 Å². The van der Waals surface area contributed by atoms with E-state index in [1.165, 1.54) is 12.1 Å². The maximum absolute atomic E-state index is 14.2. The van der Waals surface area contributed by atoms with Crippen molar-refractivity contribution in [3.05, 3.63) is 52.7 Å². The van der Waals surface area contributed by atoms with Crippen LogP contribution in [0.15, 0.2) is 24.8 Å². The summed E-state index contributed by atoms with van der Waals surface area (Å²) in [5.74, 6) is 0.108. The second-order valence-electron chi connectivity index (χ2n) is 12.1. The second kappa shape index (κ2) is 11.7. The number of likely N-dealkylation sites (N-methyl/N-ethyl adjacent to an activating group) is 1. The summed E-state index contributed by atoms with van der Waals surface area (Å²) in [6, 6.07) is 2.92. The number of piperazine rings is 1. The van der Waals surface area contributed by atoms with Gasteiger partial charge in [0.2, 0.25) is 5.91 Å². The molecule has 4 atom stereocenters. The van der Waals surface area contributed by atoms with Crippen LogP contribution in [0.1, 0.15) is 60.6 Å². The van der Waals surface area contributed by atoms with Crippen LogP contribution in [0.3, 0.4) is 0 Å². The molecule has 0 bridgehead atoms. The fraction of sp³-hybridized carbons (Fsp3) is 0.581. The largest absolute Gasteiger partial charge is 0.462 e. The van der Waals surface area contributed by atoms with E-state index in [0.717, 1.165) is 36.8 Å². The summed E-state index contributed by atoms with van der Waals surface area (Å²) in [5.41, 5.74) is 8.22. The van der Waals surface area contributed by atoms with E-state index < -0.39 is 17.7 Å². The number of hydrogen-bond donors (Lipinski definition) is 1. The lowest BCUT2D eigenvalue weighted by Gasteiger charge is -2.42. The van der Waals surface area contributed by atoms with E-state index in [9.17, 15) is 18.0 Å². The predicted molar refractivity (Wildman–Crippen MR) is 157 cm³/mol. The van der Waals surface area contributed by atoms with Crippen molar-refractivity contribution in [2.24, 2.45) is 5.92 Å². The molecule has 8 nitrogen and oxygen atoms in total. The zero-order chi connectivity index (χ0) is 30.3. The fourth-order valence-electron chi connectivity index (χ4n) is 6.87. The van der Waals surface area contributed by atoms with Crippen LogP contribution in [-0.4, -0.2) is 77.6 Å². The average Bonchev–Trinajstić information content (AvgIpc) is 3.36. The number of aromatic nitrogens is 2. The van der Waals surface area contributed by atoms with Gasteiger partial charge in [-0.3, -0.25) is 4.79 Å². The number of benzene rings is 1. The number of carbonyl (C=O) groups is 1. The van der Waals surface area contributed by atoms with Crippen LogP contribution < -0.4 is 15.4 Å². The number of hydrogen-bond acceptors (Lipinski definition) is 7. The Morgan fingerprint density at radius 3 is 2.60 bits per heavy atom. The van der Waals surface area contributed by atoms with E-state index in [4.69, 9.17) is 20.4 Å². The molecule has 1 aromatic carbocycles. The number of ether oxygens (including phenoxy) is 1. The number of likely N-dealkylation sites (tertiary alicyclic amines) is 1. The first kappa shape index (κ1) is 30.1. The van der Waals surface area contributed by atoms with Gasteiger partial charge in [0.1, 0.15) is 12.4 Å². The van der Waals surface area contributed by atoms with Crippen LogP contribution in [0.25, 0.3) is 0 Å². The van der Waals surface area contributed by atoms with Crippen LogP contribution in [-0.2, 0) is 23.8 Å². The molecule has 0 saturated carbocycles. The summed E-state index contributed by atoms with van der Waals surface area (Å²) >= 11 is 0. The van der Waals surface area contributed by atoms with Gasteiger partial charge in [-0.15, -0.1) is 0 Å². The van der Waals surface area contributed by atoms with Gasteiger partial charge in [-0.25, -0.2) is 0 Å². The molecule has 3 heterocycles. The highest BCUT2D eigenvalue weighted by atomic mass is 19.4. The number of rotatable bonds is 6. The minimum absolute atomic E-state index is 0.0310. The molecule has 0 radical (unpaired) electrons. The molecule has 0 spiro atoms. The molecule has 1 aromatic heterocycles. The van der Waals surface area contributed by atoms with E-state index in [0.29, 0.717) is 56.0 Å². The molecule has 2 aromatic rings. The maximum atomic E-state index is 14.2. The van der Waals surface area contributed by atoms with Gasteiger partial charge in [0.05, 0.1) is 11.3 Å². The van der Waals surface area contributed by atoms with Crippen molar-refractivity contribution >= 4 is 17.4 Å². The first-order valence-electron chi connectivity index (χ1n) is 14.8. The number of carbonyl (C=O) groups excluding carboxylic acids is 1. The summed E-state index contributed by atoms with van der Waals surface area (Å²) in [7, 11) is 2.07. The molecule has 228 valence electrons. The normalized spacial score (nSPS) is 24.9. The van der Waals surface area contributed by atoms with Crippen LogP contribution in [0.2, 0.25) is 0 Å². The maximum Gasteiger partial charge on any atom is 0.416 e. The lowest BCUT2D eigenvalue weighted by atomic mass is 9.72. The lowest BCUT2D eigenvalue weighted by Crippen LogP contribution is -2.54. The number of fused-ring (bicyclic) bond motifs is 1. The summed E-state index contributed by atoms with van der Waals surface area (Å²) in [5, 5.41) is 0. The molecule has 2 saturated heterocycles. The summed E-state index contributed by atoms with van der Waals surface area (Å²) in [6.45, 7) is 12.4. The number of amides is 1. The van der Waals surface area contributed by atoms with Crippen LogP contribution in [0.4, 0.5) is 24.7 Å². The van der Waals surface area contributed by atoms with Gasteiger partial charge in [-0.1, -0.05) is 13.5 Å². The minimum atomic E-state index is -4.50. The number of halogens is 3. The fourth-order valence-corrected chi connectivity index (χ4v) is 6.87. The van der Waals surface area contributed by atoms with Gasteiger partial charge in [0, 0.05) is 43.0 Å². The van der Waals surface area contributed by atoms with Crippen molar-refractivity contribution in [3.63, 3.8) is 0 Å². The monoisotopic (exact) mass is 586 g/mol. The van der Waals surface area contributed by atoms with Gasteiger partial charge in [0.25, 0.3) is 0 Å². The molecule has 1 aliphatic carbocycles. The molecule has 3 aliphatic rings. The molecular weight excluding hydrogens is 545 g/mol. The molecule has 11 heteroatoms. The first-order valence-corrected chi connectivity index (χ1v) is 14.8. The number of anilines is 2. The van der Waals surface area contributed by atoms with E-state index in [1.54, 1.807) is 11.8 Å². The van der Waals surface area contributed by atoms with Gasteiger partial charge < -0.3 is 25.2 Å². The van der Waals surface area contributed by atoms with Gasteiger partial charge in [0.15, 0.2) is 0 Å². The Morgan fingerprint density at radius 1 is 1.19 bits per heavy atom. The number of nitrogens with zero attached hydrogens (tertiary/aromatic N) is 5. The lowest BCUT2D eigenvalue weighted by molar-refractivity contribution is -0.138. The van der Waals surface area contributed by atoms with Crippen molar-refractivity contribution < 1.29 is 22.7 Å². The van der Waals surface area contributed by atoms with Crippen molar-refractivity contribution in [1.82, 2.24) is 19.8 Å². The average molecular weight is 587 g/mol. The third-order valence-corrected chi connectivity index (χ3v) is 9.37. The molecule has 2 N–H and O–H groups in total. The quantitative estimate of drug-likeness (QED) is 0.391. The molecule has 0 unspecified atom stereocenters. The zero-order valence-electron chi connectivity index (χ0n) is 24.9.